The molecule has 0 fully saturated rings. The molecule has 1 aliphatic heterocycles. The lowest BCUT2D eigenvalue weighted by Crippen LogP contribution is -2.05. The van der Waals surface area contributed by atoms with E-state index in [0.717, 1.165) is 0 Å². The van der Waals surface area contributed by atoms with Crippen LogP contribution in [0.1, 0.15) is 0 Å². The molecule has 0 spiro atoms. The first-order valence-electron chi connectivity index (χ1n) is 2.05. The summed E-state index contributed by atoms with van der Waals surface area (Å²) in [5.41, 5.74) is 0. The van der Waals surface area contributed by atoms with Gasteiger partial charge in [0.1, 0.15) is 0 Å². The fraction of sp³-hybridized carbons (Fsp3) is 0. The van der Waals surface area contributed by atoms with E-state index in [1.807, 2.05) is 12.3 Å². The number of hydrazone groups is 1. The Hall–Kier alpha value is -1.05. The molecule has 0 N–H and O–H groups in total. The van der Waals surface area contributed by atoms with Crippen molar-refractivity contribution in [2.75, 3.05) is 0 Å². The van der Waals surface area contributed by atoms with Crippen LogP contribution in [0.2, 0.25) is 0 Å². The summed E-state index contributed by atoms with van der Waals surface area (Å²) in [5, 5.41) is 5.47. The lowest BCUT2D eigenvalue weighted by atomic mass is 10.7. The molecule has 1 aliphatic rings. The van der Waals surface area contributed by atoms with Gasteiger partial charge in [-0.2, -0.15) is 0 Å². The molecule has 0 saturated carbocycles. The zero-order valence-electron chi connectivity index (χ0n) is 3.91. The molecule has 0 unspecified atom stereocenters. The molecule has 2 heteroatoms. The number of hydrogen-bond acceptors (Lipinski definition) is 2. The third-order valence-corrected chi connectivity index (χ3v) is 0.712. The zero-order valence-corrected chi connectivity index (χ0v) is 3.91. The number of rotatable bonds is 1. The van der Waals surface area contributed by atoms with Crippen molar-refractivity contribution in [1.29, 1.82) is 0 Å². The molecule has 7 heavy (non-hydrogen) atoms. The van der Waals surface area contributed by atoms with E-state index in [4.69, 9.17) is 0 Å². The molecular weight excluding hydrogens is 88.1 g/mol. The lowest BCUT2D eigenvalue weighted by molar-refractivity contribution is 0.496. The fourth-order valence-electron chi connectivity index (χ4n) is 0.389. The highest BCUT2D eigenvalue weighted by molar-refractivity contribution is 5.71. The highest BCUT2D eigenvalue weighted by Gasteiger charge is 2.03. The van der Waals surface area contributed by atoms with Crippen LogP contribution in [-0.4, -0.2) is 11.2 Å². The van der Waals surface area contributed by atoms with E-state index < -0.39 is 0 Å². The second kappa shape index (κ2) is 1.60. The summed E-state index contributed by atoms with van der Waals surface area (Å²) in [4.78, 5) is 0. The van der Waals surface area contributed by atoms with Crippen molar-refractivity contribution < 1.29 is 0 Å². The van der Waals surface area contributed by atoms with Gasteiger partial charge in [0.15, 0.2) is 5.10 Å². The highest BCUT2D eigenvalue weighted by Crippen LogP contribution is 1.85. The van der Waals surface area contributed by atoms with E-state index in [2.05, 4.69) is 11.7 Å². The van der Waals surface area contributed by atoms with Crippen molar-refractivity contribution in [3.63, 3.8) is 0 Å². The van der Waals surface area contributed by atoms with Crippen LogP contribution in [-0.2, 0) is 0 Å². The predicted molar refractivity (Wildman–Crippen MR) is 29.4 cm³/mol. The summed E-state index contributed by atoms with van der Waals surface area (Å²) in [6.07, 6.45) is 7.02. The van der Waals surface area contributed by atoms with Crippen molar-refractivity contribution in [3.05, 3.63) is 25.1 Å². The Labute approximate surface area is 42.4 Å². The summed E-state index contributed by atoms with van der Waals surface area (Å²) in [5.74, 6) is 0. The van der Waals surface area contributed by atoms with Gasteiger partial charge in [0.05, 0.1) is 12.4 Å². The van der Waals surface area contributed by atoms with Gasteiger partial charge in [0, 0.05) is 6.08 Å². The Bertz CT molecular complexity index is 112. The van der Waals surface area contributed by atoms with E-state index in [-0.39, 0.29) is 0 Å². The Morgan fingerprint density at radius 3 is 2.86 bits per heavy atom. The van der Waals surface area contributed by atoms with Crippen LogP contribution in [0.3, 0.4) is 0 Å². The quantitative estimate of drug-likeness (QED) is 0.456. The third-order valence-electron chi connectivity index (χ3n) is 0.712. The summed E-state index contributed by atoms with van der Waals surface area (Å²) < 4.78 is 0. The first-order valence-corrected chi connectivity index (χ1v) is 2.05. The highest BCUT2D eigenvalue weighted by atomic mass is 15.4. The summed E-state index contributed by atoms with van der Waals surface area (Å²) in [6, 6.07) is 0. The lowest BCUT2D eigenvalue weighted by Gasteiger charge is -1.82. The Balaban J connectivity index is 2.59. The van der Waals surface area contributed by atoms with Crippen molar-refractivity contribution in [2.24, 2.45) is 0 Å². The van der Waals surface area contributed by atoms with Gasteiger partial charge in [-0.15, -0.1) is 0 Å². The molecule has 2 nitrogen and oxygen atoms in total. The number of allylic oxidation sites excluding steroid dienone is 1. The van der Waals surface area contributed by atoms with E-state index in [9.17, 15) is 0 Å². The van der Waals surface area contributed by atoms with Gasteiger partial charge in [0.2, 0.25) is 0 Å². The SMILES string of the molecule is C=CN1C=CC=[N+]1. The molecule has 0 aromatic carbocycles. The van der Waals surface area contributed by atoms with E-state index >= 15 is 0 Å². The van der Waals surface area contributed by atoms with Crippen LogP contribution in [0.25, 0.3) is 0 Å². The molecule has 35 valence electrons. The third kappa shape index (κ3) is 0.682. The van der Waals surface area contributed by atoms with Gasteiger partial charge < -0.3 is 0 Å². The molecule has 0 aliphatic carbocycles. The van der Waals surface area contributed by atoms with Crippen molar-refractivity contribution in [2.45, 2.75) is 0 Å². The van der Waals surface area contributed by atoms with Crippen LogP contribution in [0.5, 0.6) is 0 Å². The maximum absolute atomic E-state index is 3.83. The molecule has 0 atom stereocenters. The van der Waals surface area contributed by atoms with E-state index in [1.54, 1.807) is 17.4 Å². The van der Waals surface area contributed by atoms with Gasteiger partial charge in [-0.25, -0.2) is 0 Å². The molecule has 0 amide bonds. The first kappa shape index (κ1) is 4.12. The molecule has 1 heterocycles. The molecule has 1 radical (unpaired) electrons. The van der Waals surface area contributed by atoms with Crippen LogP contribution >= 0.6 is 0 Å². The number of hydrogen-bond donors (Lipinski definition) is 0. The largest absolute Gasteiger partial charge is 0.277 e. The summed E-state index contributed by atoms with van der Waals surface area (Å²) >= 11 is 0. The van der Waals surface area contributed by atoms with Crippen LogP contribution < -0.4 is 5.10 Å². The minimum atomic E-state index is 1.64. The van der Waals surface area contributed by atoms with Crippen LogP contribution in [0, 0.1) is 0 Å². The number of nitrogens with zero attached hydrogens (tertiary/aromatic N) is 2. The van der Waals surface area contributed by atoms with Gasteiger partial charge in [0.25, 0.3) is 6.21 Å². The summed E-state index contributed by atoms with van der Waals surface area (Å²) in [7, 11) is 0. The predicted octanol–water partition coefficient (Wildman–Crippen LogP) is 0.281. The Morgan fingerprint density at radius 1 is 1.71 bits per heavy atom. The molecule has 1 rings (SSSR count). The van der Waals surface area contributed by atoms with Gasteiger partial charge >= 0.3 is 0 Å². The Morgan fingerprint density at radius 2 is 2.57 bits per heavy atom. The molecule has 0 aromatic heterocycles. The monoisotopic (exact) mass is 94.1 g/mol. The standard InChI is InChI=1S/C5H6N2/c1-2-7-5-3-4-6-7/h2-5H,1H2/q+1. The van der Waals surface area contributed by atoms with Crippen molar-refractivity contribution in [3.8, 4) is 0 Å². The van der Waals surface area contributed by atoms with E-state index in [0.29, 0.717) is 0 Å². The normalized spacial score (nSPS) is 15.7. The minimum Gasteiger partial charge on any atom is -0.0764 e. The minimum absolute atomic E-state index is 1.64. The van der Waals surface area contributed by atoms with Crippen LogP contribution in [0.4, 0.5) is 0 Å². The second-order valence-corrected chi connectivity index (χ2v) is 1.17. The van der Waals surface area contributed by atoms with Gasteiger partial charge in [-0.1, -0.05) is 11.6 Å². The second-order valence-electron chi connectivity index (χ2n) is 1.17. The topological polar surface area (TPSA) is 17.3 Å². The van der Waals surface area contributed by atoms with Gasteiger partial charge in [-0.05, 0) is 0 Å². The maximum Gasteiger partial charge on any atom is 0.277 e. The Kier molecular flexibility index (Phi) is 0.941. The molecule has 0 aromatic rings. The molecular formula is C5H6N2+. The first-order chi connectivity index (χ1) is 3.43. The smallest absolute Gasteiger partial charge is 0.0764 e. The molecule has 0 saturated heterocycles. The average molecular weight is 94.1 g/mol. The maximum atomic E-state index is 3.83. The van der Waals surface area contributed by atoms with Crippen molar-refractivity contribution in [1.82, 2.24) is 10.1 Å². The van der Waals surface area contributed by atoms with E-state index in [1.165, 1.54) is 0 Å². The van der Waals surface area contributed by atoms with Crippen LogP contribution in [0.15, 0.2) is 25.1 Å². The van der Waals surface area contributed by atoms with Gasteiger partial charge in [-0.3, -0.25) is 0 Å². The average Bonchev–Trinajstić information content (AvgIpc) is 2.14. The molecule has 0 bridgehead atoms. The zero-order chi connectivity index (χ0) is 5.11. The summed E-state index contributed by atoms with van der Waals surface area (Å²) in [6.45, 7) is 3.50. The van der Waals surface area contributed by atoms with Crippen molar-refractivity contribution >= 4 is 6.21 Å². The fourth-order valence-corrected chi connectivity index (χ4v) is 0.389.